The SMILES string of the molecule is CCCCCCCCC(O)C(CCCCCCCC(=O)OCCC)OCCCO. The van der Waals surface area contributed by atoms with Gasteiger partial charge in [-0.15, -0.1) is 0 Å². The largest absolute Gasteiger partial charge is 0.466 e. The van der Waals surface area contributed by atoms with Crippen molar-refractivity contribution in [3.8, 4) is 0 Å². The highest BCUT2D eigenvalue weighted by molar-refractivity contribution is 5.69. The number of aliphatic hydroxyl groups excluding tert-OH is 2. The van der Waals surface area contributed by atoms with Crippen LogP contribution in [-0.2, 0) is 14.3 Å². The summed E-state index contributed by atoms with van der Waals surface area (Å²) in [5.74, 6) is -0.0815. The molecular weight excluding hydrogens is 368 g/mol. The lowest BCUT2D eigenvalue weighted by atomic mass is 9.99. The molecule has 0 saturated heterocycles. The Labute approximate surface area is 179 Å². The molecule has 0 aliphatic rings. The number of carbonyl (C=O) groups is 1. The zero-order valence-corrected chi connectivity index (χ0v) is 19.2. The maximum Gasteiger partial charge on any atom is 0.305 e. The van der Waals surface area contributed by atoms with Crippen molar-refractivity contribution < 1.29 is 24.5 Å². The number of carbonyl (C=O) groups excluding carboxylic acids is 1. The van der Waals surface area contributed by atoms with Gasteiger partial charge in [-0.1, -0.05) is 78.1 Å². The maximum absolute atomic E-state index is 11.5. The minimum Gasteiger partial charge on any atom is -0.466 e. The predicted molar refractivity (Wildman–Crippen MR) is 119 cm³/mol. The highest BCUT2D eigenvalue weighted by atomic mass is 16.5. The molecule has 0 rings (SSSR count). The maximum atomic E-state index is 11.5. The molecule has 0 saturated carbocycles. The first-order valence-electron chi connectivity index (χ1n) is 12.2. The first-order chi connectivity index (χ1) is 14.2. The average Bonchev–Trinajstić information content (AvgIpc) is 2.72. The van der Waals surface area contributed by atoms with Crippen molar-refractivity contribution in [2.45, 2.75) is 129 Å². The summed E-state index contributed by atoms with van der Waals surface area (Å²) in [7, 11) is 0. The summed E-state index contributed by atoms with van der Waals surface area (Å²) in [6.45, 7) is 5.38. The van der Waals surface area contributed by atoms with Crippen LogP contribution >= 0.6 is 0 Å². The lowest BCUT2D eigenvalue weighted by Crippen LogP contribution is -2.29. The van der Waals surface area contributed by atoms with Gasteiger partial charge in [-0.3, -0.25) is 4.79 Å². The summed E-state index contributed by atoms with van der Waals surface area (Å²) in [5.41, 5.74) is 0. The molecular formula is C24H48O5. The van der Waals surface area contributed by atoms with Crippen molar-refractivity contribution in [3.63, 3.8) is 0 Å². The molecule has 0 fully saturated rings. The summed E-state index contributed by atoms with van der Waals surface area (Å²) in [6, 6.07) is 0. The smallest absolute Gasteiger partial charge is 0.305 e. The van der Waals surface area contributed by atoms with Crippen LogP contribution < -0.4 is 0 Å². The van der Waals surface area contributed by atoms with Gasteiger partial charge in [0.25, 0.3) is 0 Å². The van der Waals surface area contributed by atoms with Crippen molar-refractivity contribution in [1.82, 2.24) is 0 Å². The Morgan fingerprint density at radius 1 is 0.759 bits per heavy atom. The third-order valence-corrected chi connectivity index (χ3v) is 5.25. The number of hydrogen-bond donors (Lipinski definition) is 2. The molecule has 0 aromatic carbocycles. The van der Waals surface area contributed by atoms with E-state index in [1.165, 1.54) is 32.1 Å². The Morgan fingerprint density at radius 2 is 1.38 bits per heavy atom. The summed E-state index contributed by atoms with van der Waals surface area (Å²) in [6.07, 6.45) is 15.6. The Morgan fingerprint density at radius 3 is 2.03 bits per heavy atom. The third-order valence-electron chi connectivity index (χ3n) is 5.25. The topological polar surface area (TPSA) is 76.0 Å². The van der Waals surface area contributed by atoms with Crippen molar-refractivity contribution >= 4 is 5.97 Å². The van der Waals surface area contributed by atoms with E-state index in [0.29, 0.717) is 26.1 Å². The Bertz CT molecular complexity index is 348. The Kier molecular flexibility index (Phi) is 21.6. The van der Waals surface area contributed by atoms with Crippen LogP contribution in [0.25, 0.3) is 0 Å². The van der Waals surface area contributed by atoms with Gasteiger partial charge in [-0.05, 0) is 32.1 Å². The first-order valence-corrected chi connectivity index (χ1v) is 12.2. The molecule has 0 aromatic heterocycles. The van der Waals surface area contributed by atoms with Gasteiger partial charge in [0.1, 0.15) is 0 Å². The molecule has 0 aliphatic heterocycles. The molecule has 0 heterocycles. The minimum atomic E-state index is -0.409. The number of rotatable bonds is 22. The lowest BCUT2D eigenvalue weighted by molar-refractivity contribution is -0.143. The number of ether oxygens (including phenoxy) is 2. The van der Waals surface area contributed by atoms with E-state index >= 15 is 0 Å². The zero-order chi connectivity index (χ0) is 21.6. The highest BCUT2D eigenvalue weighted by Gasteiger charge is 2.19. The molecule has 0 amide bonds. The van der Waals surface area contributed by atoms with Crippen LogP contribution in [0, 0.1) is 0 Å². The van der Waals surface area contributed by atoms with Crippen LogP contribution in [0.1, 0.15) is 117 Å². The van der Waals surface area contributed by atoms with E-state index in [2.05, 4.69) is 6.92 Å². The fraction of sp³-hybridized carbons (Fsp3) is 0.958. The van der Waals surface area contributed by atoms with Gasteiger partial charge in [0, 0.05) is 19.6 Å². The second kappa shape index (κ2) is 22.0. The highest BCUT2D eigenvalue weighted by Crippen LogP contribution is 2.18. The average molecular weight is 417 g/mol. The predicted octanol–water partition coefficient (Wildman–Crippen LogP) is 5.55. The number of unbranched alkanes of at least 4 members (excludes halogenated alkanes) is 9. The first kappa shape index (κ1) is 28.4. The van der Waals surface area contributed by atoms with Gasteiger partial charge in [0.2, 0.25) is 0 Å². The van der Waals surface area contributed by atoms with Crippen LogP contribution in [0.4, 0.5) is 0 Å². The van der Waals surface area contributed by atoms with Gasteiger partial charge in [-0.2, -0.15) is 0 Å². The molecule has 0 radical (unpaired) electrons. The van der Waals surface area contributed by atoms with Crippen LogP contribution in [-0.4, -0.2) is 48.2 Å². The molecule has 29 heavy (non-hydrogen) atoms. The number of esters is 1. The van der Waals surface area contributed by atoms with Crippen molar-refractivity contribution in [1.29, 1.82) is 0 Å². The van der Waals surface area contributed by atoms with Crippen LogP contribution in [0.15, 0.2) is 0 Å². The van der Waals surface area contributed by atoms with E-state index in [4.69, 9.17) is 14.6 Å². The lowest BCUT2D eigenvalue weighted by Gasteiger charge is -2.23. The van der Waals surface area contributed by atoms with Crippen LogP contribution in [0.5, 0.6) is 0 Å². The van der Waals surface area contributed by atoms with E-state index in [1.54, 1.807) is 0 Å². The summed E-state index contributed by atoms with van der Waals surface area (Å²) < 4.78 is 10.9. The Hall–Kier alpha value is -0.650. The van der Waals surface area contributed by atoms with Crippen molar-refractivity contribution in [3.05, 3.63) is 0 Å². The van der Waals surface area contributed by atoms with Gasteiger partial charge in [0.05, 0.1) is 18.8 Å². The summed E-state index contributed by atoms with van der Waals surface area (Å²) in [5, 5.41) is 19.5. The molecule has 5 heteroatoms. The van der Waals surface area contributed by atoms with Gasteiger partial charge in [-0.25, -0.2) is 0 Å². The van der Waals surface area contributed by atoms with E-state index in [0.717, 1.165) is 57.8 Å². The van der Waals surface area contributed by atoms with E-state index < -0.39 is 6.10 Å². The molecule has 174 valence electrons. The number of hydrogen-bond acceptors (Lipinski definition) is 5. The second-order valence-electron chi connectivity index (χ2n) is 8.14. The monoisotopic (exact) mass is 416 g/mol. The van der Waals surface area contributed by atoms with E-state index in [9.17, 15) is 9.90 Å². The van der Waals surface area contributed by atoms with Gasteiger partial charge >= 0.3 is 5.97 Å². The fourth-order valence-corrected chi connectivity index (χ4v) is 3.44. The summed E-state index contributed by atoms with van der Waals surface area (Å²) in [4.78, 5) is 11.5. The van der Waals surface area contributed by atoms with Gasteiger partial charge < -0.3 is 19.7 Å². The quantitative estimate of drug-likeness (QED) is 0.179. The van der Waals surface area contributed by atoms with E-state index in [-0.39, 0.29) is 18.7 Å². The molecule has 0 spiro atoms. The Balaban J connectivity index is 3.90. The van der Waals surface area contributed by atoms with E-state index in [1.807, 2.05) is 6.92 Å². The summed E-state index contributed by atoms with van der Waals surface area (Å²) >= 11 is 0. The van der Waals surface area contributed by atoms with Crippen molar-refractivity contribution in [2.75, 3.05) is 19.8 Å². The molecule has 2 N–H and O–H groups in total. The van der Waals surface area contributed by atoms with Crippen LogP contribution in [0.2, 0.25) is 0 Å². The van der Waals surface area contributed by atoms with Crippen molar-refractivity contribution in [2.24, 2.45) is 0 Å². The molecule has 2 unspecified atom stereocenters. The fourth-order valence-electron chi connectivity index (χ4n) is 3.44. The molecule has 0 aromatic rings. The second-order valence-corrected chi connectivity index (χ2v) is 8.14. The standard InChI is InChI=1S/C24H48O5/c1-3-5-6-7-9-12-16-22(26)23(28-21-15-19-25)17-13-10-8-11-14-18-24(27)29-20-4-2/h22-23,25-26H,3-21H2,1-2H3. The molecule has 0 bridgehead atoms. The molecule has 5 nitrogen and oxygen atoms in total. The van der Waals surface area contributed by atoms with Crippen LogP contribution in [0.3, 0.4) is 0 Å². The molecule has 0 aliphatic carbocycles. The molecule has 2 atom stereocenters. The third kappa shape index (κ3) is 19.1. The minimum absolute atomic E-state index is 0.0815. The normalized spacial score (nSPS) is 13.4. The number of aliphatic hydroxyl groups is 2. The zero-order valence-electron chi connectivity index (χ0n) is 19.2. The van der Waals surface area contributed by atoms with Gasteiger partial charge in [0.15, 0.2) is 0 Å².